The second-order valence-corrected chi connectivity index (χ2v) is 7.43. The van der Waals surface area contributed by atoms with E-state index < -0.39 is 0 Å². The molecule has 3 nitrogen and oxygen atoms in total. The SMILES string of the molecule is COc1cc2c(cc1Cl)CCCN2c1cc(C(C)(C)C)ccn1. The van der Waals surface area contributed by atoms with Gasteiger partial charge in [-0.25, -0.2) is 4.98 Å². The number of rotatable bonds is 2. The van der Waals surface area contributed by atoms with E-state index in [1.165, 1.54) is 11.1 Å². The van der Waals surface area contributed by atoms with E-state index in [2.05, 4.69) is 42.8 Å². The summed E-state index contributed by atoms with van der Waals surface area (Å²) >= 11 is 6.28. The van der Waals surface area contributed by atoms with Crippen LogP contribution in [0.3, 0.4) is 0 Å². The molecule has 4 heteroatoms. The van der Waals surface area contributed by atoms with Crippen molar-refractivity contribution < 1.29 is 4.74 Å². The number of hydrogen-bond donors (Lipinski definition) is 0. The molecule has 1 aliphatic heterocycles. The van der Waals surface area contributed by atoms with Gasteiger partial charge in [-0.1, -0.05) is 32.4 Å². The maximum absolute atomic E-state index is 6.28. The minimum Gasteiger partial charge on any atom is -0.495 e. The number of methoxy groups -OCH3 is 1. The van der Waals surface area contributed by atoms with Crippen molar-refractivity contribution in [3.63, 3.8) is 0 Å². The molecule has 0 radical (unpaired) electrons. The number of pyridine rings is 1. The van der Waals surface area contributed by atoms with E-state index in [1.807, 2.05) is 18.3 Å². The highest BCUT2D eigenvalue weighted by atomic mass is 35.5. The number of nitrogens with zero attached hydrogens (tertiary/aromatic N) is 2. The Morgan fingerprint density at radius 1 is 1.22 bits per heavy atom. The Kier molecular flexibility index (Phi) is 4.24. The van der Waals surface area contributed by atoms with Crippen LogP contribution in [0.25, 0.3) is 0 Å². The van der Waals surface area contributed by atoms with Crippen molar-refractivity contribution in [1.82, 2.24) is 4.98 Å². The molecule has 0 amide bonds. The van der Waals surface area contributed by atoms with Gasteiger partial charge < -0.3 is 9.64 Å². The van der Waals surface area contributed by atoms with Crippen LogP contribution in [0.5, 0.6) is 5.75 Å². The minimum absolute atomic E-state index is 0.105. The Labute approximate surface area is 143 Å². The van der Waals surface area contributed by atoms with Gasteiger partial charge in [0.2, 0.25) is 0 Å². The quantitative estimate of drug-likeness (QED) is 0.763. The lowest BCUT2D eigenvalue weighted by Crippen LogP contribution is -2.26. The van der Waals surface area contributed by atoms with E-state index in [1.54, 1.807) is 7.11 Å². The summed E-state index contributed by atoms with van der Waals surface area (Å²) in [7, 11) is 1.65. The smallest absolute Gasteiger partial charge is 0.139 e. The van der Waals surface area contributed by atoms with Crippen LogP contribution in [0.15, 0.2) is 30.5 Å². The summed E-state index contributed by atoms with van der Waals surface area (Å²) in [6, 6.07) is 8.34. The first kappa shape index (κ1) is 16.1. The van der Waals surface area contributed by atoms with Crippen LogP contribution in [0.1, 0.15) is 38.3 Å². The van der Waals surface area contributed by atoms with Gasteiger partial charge in [0.1, 0.15) is 11.6 Å². The number of anilines is 2. The van der Waals surface area contributed by atoms with Crippen LogP contribution in [0.4, 0.5) is 11.5 Å². The van der Waals surface area contributed by atoms with Crippen LogP contribution >= 0.6 is 11.6 Å². The molecule has 2 aromatic rings. The van der Waals surface area contributed by atoms with Gasteiger partial charge in [-0.3, -0.25) is 0 Å². The zero-order valence-corrected chi connectivity index (χ0v) is 14.9. The molecule has 0 unspecified atom stereocenters. The van der Waals surface area contributed by atoms with Gasteiger partial charge in [0.05, 0.1) is 12.1 Å². The van der Waals surface area contributed by atoms with E-state index in [9.17, 15) is 0 Å². The first-order chi connectivity index (χ1) is 10.9. The van der Waals surface area contributed by atoms with E-state index in [0.717, 1.165) is 30.9 Å². The molecule has 122 valence electrons. The lowest BCUT2D eigenvalue weighted by atomic mass is 9.87. The molecule has 0 aliphatic carbocycles. The number of halogens is 1. The lowest BCUT2D eigenvalue weighted by Gasteiger charge is -2.32. The van der Waals surface area contributed by atoms with Crippen molar-refractivity contribution in [3.8, 4) is 5.75 Å². The third-order valence-corrected chi connectivity index (χ3v) is 4.66. The molecule has 3 rings (SSSR count). The van der Waals surface area contributed by atoms with Crippen LogP contribution in [0.2, 0.25) is 5.02 Å². The highest BCUT2D eigenvalue weighted by Gasteiger charge is 2.23. The van der Waals surface area contributed by atoms with Crippen LogP contribution < -0.4 is 9.64 Å². The topological polar surface area (TPSA) is 25.4 Å². The number of aryl methyl sites for hydroxylation is 1. The summed E-state index contributed by atoms with van der Waals surface area (Å²) in [5.74, 6) is 1.70. The van der Waals surface area contributed by atoms with Crippen molar-refractivity contribution in [2.45, 2.75) is 39.0 Å². The zero-order valence-electron chi connectivity index (χ0n) is 14.2. The number of ether oxygens (including phenoxy) is 1. The fraction of sp³-hybridized carbons (Fsp3) is 0.421. The van der Waals surface area contributed by atoms with Gasteiger partial charge in [-0.05, 0) is 47.6 Å². The maximum Gasteiger partial charge on any atom is 0.139 e. The molecule has 1 aromatic carbocycles. The molecular weight excluding hydrogens is 308 g/mol. The largest absolute Gasteiger partial charge is 0.495 e. The summed E-state index contributed by atoms with van der Waals surface area (Å²) in [4.78, 5) is 6.88. The normalized spacial score (nSPS) is 14.6. The minimum atomic E-state index is 0.105. The van der Waals surface area contributed by atoms with Gasteiger partial charge in [0, 0.05) is 24.5 Å². The summed E-state index contributed by atoms with van der Waals surface area (Å²) in [5.41, 5.74) is 3.80. The predicted octanol–water partition coefficient (Wildman–Crippen LogP) is 5.13. The summed E-state index contributed by atoms with van der Waals surface area (Å²) in [6.45, 7) is 7.62. The van der Waals surface area contributed by atoms with Gasteiger partial charge in [0.25, 0.3) is 0 Å². The Morgan fingerprint density at radius 2 is 2.00 bits per heavy atom. The zero-order chi connectivity index (χ0) is 16.6. The van der Waals surface area contributed by atoms with Gasteiger partial charge in [-0.15, -0.1) is 0 Å². The predicted molar refractivity (Wildman–Crippen MR) is 96.3 cm³/mol. The second-order valence-electron chi connectivity index (χ2n) is 7.02. The molecule has 0 atom stereocenters. The summed E-state index contributed by atoms with van der Waals surface area (Å²) in [6.07, 6.45) is 4.03. The number of hydrogen-bond acceptors (Lipinski definition) is 3. The maximum atomic E-state index is 6.28. The lowest BCUT2D eigenvalue weighted by molar-refractivity contribution is 0.414. The molecular formula is C19H23ClN2O. The second kappa shape index (κ2) is 6.04. The van der Waals surface area contributed by atoms with E-state index in [0.29, 0.717) is 10.8 Å². The average molecular weight is 331 g/mol. The standard InChI is InChI=1S/C19H23ClN2O/c1-19(2,3)14-7-8-21-18(11-14)22-9-5-6-13-10-15(20)17(23-4)12-16(13)22/h7-8,10-12H,5-6,9H2,1-4H3. The molecule has 0 saturated carbocycles. The highest BCUT2D eigenvalue weighted by Crippen LogP contribution is 2.39. The first-order valence-corrected chi connectivity index (χ1v) is 8.38. The van der Waals surface area contributed by atoms with E-state index in [4.69, 9.17) is 16.3 Å². The molecule has 0 saturated heterocycles. The number of aromatic nitrogens is 1. The number of benzene rings is 1. The Bertz CT molecular complexity index is 722. The highest BCUT2D eigenvalue weighted by molar-refractivity contribution is 6.32. The molecule has 0 spiro atoms. The Hall–Kier alpha value is -1.74. The van der Waals surface area contributed by atoms with Crippen LogP contribution in [-0.2, 0) is 11.8 Å². The van der Waals surface area contributed by atoms with Crippen molar-refractivity contribution in [3.05, 3.63) is 46.6 Å². The van der Waals surface area contributed by atoms with Gasteiger partial charge in [-0.2, -0.15) is 0 Å². The molecule has 0 N–H and O–H groups in total. The van der Waals surface area contributed by atoms with Crippen molar-refractivity contribution in [2.75, 3.05) is 18.6 Å². The average Bonchev–Trinajstić information content (AvgIpc) is 2.53. The molecule has 1 aliphatic rings. The fourth-order valence-corrected chi connectivity index (χ4v) is 3.27. The van der Waals surface area contributed by atoms with E-state index >= 15 is 0 Å². The molecule has 23 heavy (non-hydrogen) atoms. The van der Waals surface area contributed by atoms with Gasteiger partial charge >= 0.3 is 0 Å². The third kappa shape index (κ3) is 3.16. The molecule has 2 heterocycles. The van der Waals surface area contributed by atoms with Crippen molar-refractivity contribution in [1.29, 1.82) is 0 Å². The first-order valence-electron chi connectivity index (χ1n) is 8.00. The molecule has 0 fully saturated rings. The Balaban J connectivity index is 2.07. The van der Waals surface area contributed by atoms with Crippen LogP contribution in [0, 0.1) is 0 Å². The molecule has 1 aromatic heterocycles. The third-order valence-electron chi connectivity index (χ3n) is 4.36. The van der Waals surface area contributed by atoms with E-state index in [-0.39, 0.29) is 5.41 Å². The molecule has 0 bridgehead atoms. The van der Waals surface area contributed by atoms with Crippen molar-refractivity contribution in [2.24, 2.45) is 0 Å². The van der Waals surface area contributed by atoms with Crippen LogP contribution in [-0.4, -0.2) is 18.6 Å². The Morgan fingerprint density at radius 3 is 2.70 bits per heavy atom. The number of fused-ring (bicyclic) bond motifs is 1. The summed E-state index contributed by atoms with van der Waals surface area (Å²) in [5, 5.41) is 0.671. The monoisotopic (exact) mass is 330 g/mol. The summed E-state index contributed by atoms with van der Waals surface area (Å²) < 4.78 is 5.39. The van der Waals surface area contributed by atoms with Crippen molar-refractivity contribution >= 4 is 23.1 Å². The van der Waals surface area contributed by atoms with Gasteiger partial charge in [0.15, 0.2) is 0 Å². The fourth-order valence-electron chi connectivity index (χ4n) is 3.01.